The van der Waals surface area contributed by atoms with Crippen LogP contribution in [0.25, 0.3) is 0 Å². The maximum atomic E-state index is 12.6. The Bertz CT molecular complexity index is 364. The average molecular weight is 243 g/mol. The van der Waals surface area contributed by atoms with Crippen molar-refractivity contribution in [1.82, 2.24) is 0 Å². The Hall–Kier alpha value is -1.34. The molecule has 1 aromatic carbocycles. The van der Waals surface area contributed by atoms with Crippen molar-refractivity contribution in [3.8, 4) is 5.75 Å². The van der Waals surface area contributed by atoms with Crippen molar-refractivity contribution in [1.29, 1.82) is 0 Å². The van der Waals surface area contributed by atoms with E-state index in [2.05, 4.69) is 4.74 Å². The minimum atomic E-state index is -5.50. The summed E-state index contributed by atoms with van der Waals surface area (Å²) < 4.78 is 77.5. The normalized spacial score (nSPS) is 11.9. The molecule has 0 unspecified atom stereocenters. The third-order valence-electron chi connectivity index (χ3n) is 1.69. The SMILES string of the molecule is Fc1ccc(OCC(F)F)c([B-](F)(F)F)c1. The van der Waals surface area contributed by atoms with Gasteiger partial charge >= 0.3 is 6.98 Å². The van der Waals surface area contributed by atoms with E-state index in [4.69, 9.17) is 0 Å². The third-order valence-corrected chi connectivity index (χ3v) is 1.69. The molecule has 8 heteroatoms. The molecular weight excluding hydrogens is 237 g/mol. The first-order valence-electron chi connectivity index (χ1n) is 4.21. The molecule has 0 radical (unpaired) electrons. The van der Waals surface area contributed by atoms with E-state index >= 15 is 0 Å². The van der Waals surface area contributed by atoms with E-state index in [-0.39, 0.29) is 6.07 Å². The van der Waals surface area contributed by atoms with Crippen molar-refractivity contribution in [3.05, 3.63) is 24.0 Å². The first-order valence-corrected chi connectivity index (χ1v) is 4.21. The molecule has 0 aromatic heterocycles. The number of alkyl halides is 2. The van der Waals surface area contributed by atoms with Crippen LogP contribution in [-0.2, 0) is 0 Å². The van der Waals surface area contributed by atoms with Gasteiger partial charge in [-0.25, -0.2) is 13.2 Å². The maximum Gasteiger partial charge on any atom is 0.513 e. The molecule has 0 heterocycles. The standard InChI is InChI=1S/C8H6BF6O/c10-5-1-2-7(16-4-8(11)12)6(3-5)9(13,14)15/h1-3,8H,4H2/q-1. The lowest BCUT2D eigenvalue weighted by Gasteiger charge is -2.19. The molecule has 1 aromatic rings. The Morgan fingerprint density at radius 3 is 2.31 bits per heavy atom. The summed E-state index contributed by atoms with van der Waals surface area (Å²) in [5, 5.41) is 0. The van der Waals surface area contributed by atoms with Crippen LogP contribution in [0.1, 0.15) is 0 Å². The van der Waals surface area contributed by atoms with Gasteiger partial charge in [-0.1, -0.05) is 5.46 Å². The van der Waals surface area contributed by atoms with E-state index in [1.807, 2.05) is 0 Å². The van der Waals surface area contributed by atoms with Crippen LogP contribution in [0.4, 0.5) is 26.1 Å². The van der Waals surface area contributed by atoms with Crippen molar-refractivity contribution < 1.29 is 30.9 Å². The number of rotatable bonds is 4. The molecule has 0 fully saturated rings. The van der Waals surface area contributed by atoms with Crippen LogP contribution < -0.4 is 10.2 Å². The third kappa shape index (κ3) is 3.35. The van der Waals surface area contributed by atoms with Crippen LogP contribution in [0.2, 0.25) is 0 Å². The topological polar surface area (TPSA) is 9.23 Å². The molecular formula is C8H6BF6O-. The van der Waals surface area contributed by atoms with E-state index in [9.17, 15) is 26.1 Å². The summed E-state index contributed by atoms with van der Waals surface area (Å²) in [4.78, 5) is 0. The van der Waals surface area contributed by atoms with Gasteiger partial charge in [-0.3, -0.25) is 0 Å². The van der Waals surface area contributed by atoms with Crippen molar-refractivity contribution in [3.63, 3.8) is 0 Å². The quantitative estimate of drug-likeness (QED) is 0.583. The van der Waals surface area contributed by atoms with Crippen molar-refractivity contribution in [2.45, 2.75) is 6.43 Å². The molecule has 0 saturated carbocycles. The van der Waals surface area contributed by atoms with Crippen molar-refractivity contribution in [2.75, 3.05) is 6.61 Å². The van der Waals surface area contributed by atoms with Gasteiger partial charge in [-0.05, 0) is 18.2 Å². The van der Waals surface area contributed by atoms with Gasteiger partial charge < -0.3 is 17.7 Å². The predicted molar refractivity (Wildman–Crippen MR) is 46.6 cm³/mol. The zero-order valence-electron chi connectivity index (χ0n) is 7.77. The van der Waals surface area contributed by atoms with Crippen molar-refractivity contribution >= 4 is 12.4 Å². The van der Waals surface area contributed by atoms with Crippen LogP contribution in [-0.4, -0.2) is 20.0 Å². The average Bonchev–Trinajstić information content (AvgIpc) is 2.14. The molecule has 16 heavy (non-hydrogen) atoms. The minimum absolute atomic E-state index is 0.223. The lowest BCUT2D eigenvalue weighted by Crippen LogP contribution is -2.36. The van der Waals surface area contributed by atoms with Gasteiger partial charge in [0, 0.05) is 0 Å². The number of halogens is 6. The van der Waals surface area contributed by atoms with E-state index in [1.54, 1.807) is 0 Å². The Kier molecular flexibility index (Phi) is 3.72. The lowest BCUT2D eigenvalue weighted by molar-refractivity contribution is 0.0822. The minimum Gasteiger partial charge on any atom is -0.491 e. The Labute approximate surface area is 87.1 Å². The highest BCUT2D eigenvalue weighted by molar-refractivity contribution is 6.74. The second-order valence-corrected chi connectivity index (χ2v) is 2.96. The molecule has 0 amide bonds. The van der Waals surface area contributed by atoms with Crippen LogP contribution in [0.5, 0.6) is 5.75 Å². The summed E-state index contributed by atoms with van der Waals surface area (Å²) in [5.41, 5.74) is -1.35. The zero-order chi connectivity index (χ0) is 12.3. The molecule has 0 bridgehead atoms. The number of ether oxygens (including phenoxy) is 1. The van der Waals surface area contributed by atoms with E-state index in [1.165, 1.54) is 0 Å². The molecule has 0 aliphatic carbocycles. The maximum absolute atomic E-state index is 12.6. The predicted octanol–water partition coefficient (Wildman–Crippen LogP) is 2.52. The second kappa shape index (κ2) is 4.67. The van der Waals surface area contributed by atoms with Gasteiger partial charge in [0.25, 0.3) is 6.43 Å². The van der Waals surface area contributed by atoms with Crippen LogP contribution >= 0.6 is 0 Å². The summed E-state index contributed by atoms with van der Waals surface area (Å²) in [6.45, 7) is -6.66. The molecule has 0 atom stereocenters. The van der Waals surface area contributed by atoms with Gasteiger partial charge in [0.1, 0.15) is 12.4 Å². The van der Waals surface area contributed by atoms with E-state index in [0.717, 1.165) is 0 Å². The molecule has 1 rings (SSSR count). The fourth-order valence-electron chi connectivity index (χ4n) is 1.06. The van der Waals surface area contributed by atoms with E-state index < -0.39 is 37.0 Å². The van der Waals surface area contributed by atoms with Crippen LogP contribution in [0.15, 0.2) is 18.2 Å². The lowest BCUT2D eigenvalue weighted by atomic mass is 9.79. The molecule has 0 N–H and O–H groups in total. The molecule has 0 saturated heterocycles. The first kappa shape index (κ1) is 12.7. The van der Waals surface area contributed by atoms with Crippen molar-refractivity contribution in [2.24, 2.45) is 0 Å². The van der Waals surface area contributed by atoms with Gasteiger partial charge in [-0.2, -0.15) is 0 Å². The molecule has 90 valence electrons. The molecule has 0 aliphatic heterocycles. The highest BCUT2D eigenvalue weighted by atomic mass is 19.4. The van der Waals surface area contributed by atoms with Gasteiger partial charge in [-0.15, -0.1) is 0 Å². The largest absolute Gasteiger partial charge is 0.513 e. The molecule has 0 spiro atoms. The smallest absolute Gasteiger partial charge is 0.491 e. The summed E-state index contributed by atoms with van der Waals surface area (Å²) in [6.07, 6.45) is -2.89. The molecule has 1 nitrogen and oxygen atoms in total. The summed E-state index contributed by atoms with van der Waals surface area (Å²) >= 11 is 0. The number of benzene rings is 1. The second-order valence-electron chi connectivity index (χ2n) is 2.96. The zero-order valence-corrected chi connectivity index (χ0v) is 7.77. The van der Waals surface area contributed by atoms with Gasteiger partial charge in [0.2, 0.25) is 0 Å². The Balaban J connectivity index is 2.99. The van der Waals surface area contributed by atoms with Gasteiger partial charge in [0.15, 0.2) is 0 Å². The number of hydrogen-bond acceptors (Lipinski definition) is 1. The Morgan fingerprint density at radius 2 is 1.81 bits per heavy atom. The Morgan fingerprint density at radius 1 is 1.19 bits per heavy atom. The number of hydrogen-bond donors (Lipinski definition) is 0. The first-order chi connectivity index (χ1) is 7.30. The fourth-order valence-corrected chi connectivity index (χ4v) is 1.06. The monoisotopic (exact) mass is 243 g/mol. The van der Waals surface area contributed by atoms with E-state index in [0.29, 0.717) is 12.1 Å². The fraction of sp³-hybridized carbons (Fsp3) is 0.250. The highest BCUT2D eigenvalue weighted by Crippen LogP contribution is 2.19. The highest BCUT2D eigenvalue weighted by Gasteiger charge is 2.30. The van der Waals surface area contributed by atoms with Gasteiger partial charge in [0.05, 0.1) is 5.75 Å². The summed E-state index contributed by atoms with van der Waals surface area (Å²) in [7, 11) is 0. The van der Waals surface area contributed by atoms with Crippen LogP contribution in [0, 0.1) is 5.82 Å². The summed E-state index contributed by atoms with van der Waals surface area (Å²) in [6, 6.07) is 1.62. The summed E-state index contributed by atoms with van der Waals surface area (Å²) in [5.74, 6) is -1.88. The molecule has 0 aliphatic rings. The van der Waals surface area contributed by atoms with Crippen LogP contribution in [0.3, 0.4) is 0 Å².